The lowest BCUT2D eigenvalue weighted by Crippen LogP contribution is -2.37. The first-order valence-corrected chi connectivity index (χ1v) is 5.89. The molecule has 0 aromatic rings. The third kappa shape index (κ3) is 4.17. The van der Waals surface area contributed by atoms with Gasteiger partial charge in [0.15, 0.2) is 0 Å². The molecule has 1 fully saturated rings. The molecule has 1 atom stereocenters. The zero-order valence-corrected chi connectivity index (χ0v) is 10.7. The molecule has 0 aromatic heterocycles. The largest absolute Gasteiger partial charge is 0.444 e. The number of amides is 1. The molecule has 5 nitrogen and oxygen atoms in total. The fourth-order valence-corrected chi connectivity index (χ4v) is 1.71. The fraction of sp³-hybridized carbons (Fsp3) is 0.750. The summed E-state index contributed by atoms with van der Waals surface area (Å²) in [5.41, 5.74) is 0.0451. The number of ether oxygens (including phenoxy) is 1. The molecule has 0 bridgehead atoms. The lowest BCUT2D eigenvalue weighted by molar-refractivity contribution is 0.0258. The Bertz CT molecular complexity index is 320. The normalized spacial score (nSPS) is 21.9. The summed E-state index contributed by atoms with van der Waals surface area (Å²) in [5.74, 6) is -0.123. The first-order chi connectivity index (χ1) is 7.83. The number of carbonyl (C=O) groups is 1. The predicted molar refractivity (Wildman–Crippen MR) is 67.0 cm³/mol. The third-order valence-corrected chi connectivity index (χ3v) is 2.66. The lowest BCUT2D eigenvalue weighted by atomic mass is 10.0. The zero-order chi connectivity index (χ0) is 13.1. The van der Waals surface area contributed by atoms with E-state index in [-0.39, 0.29) is 12.0 Å². The van der Waals surface area contributed by atoms with Crippen molar-refractivity contribution in [3.63, 3.8) is 0 Å². The number of rotatable bonds is 1. The van der Waals surface area contributed by atoms with Gasteiger partial charge in [-0.05, 0) is 27.2 Å². The molecular formula is C12H21N3O2. The maximum absolute atomic E-state index is 11.8. The van der Waals surface area contributed by atoms with Gasteiger partial charge in [-0.25, -0.2) is 4.79 Å². The van der Waals surface area contributed by atoms with Crippen LogP contribution < -0.4 is 0 Å². The van der Waals surface area contributed by atoms with Gasteiger partial charge < -0.3 is 20.5 Å². The maximum atomic E-state index is 11.8. The van der Waals surface area contributed by atoms with E-state index in [1.54, 1.807) is 4.90 Å². The second kappa shape index (κ2) is 5.29. The number of hydrogen-bond donors (Lipinski definition) is 2. The van der Waals surface area contributed by atoms with Crippen molar-refractivity contribution in [1.82, 2.24) is 4.90 Å². The van der Waals surface area contributed by atoms with E-state index in [1.165, 1.54) is 6.21 Å². The molecule has 1 heterocycles. The highest BCUT2D eigenvalue weighted by Gasteiger charge is 2.26. The molecule has 1 amide bonds. The maximum Gasteiger partial charge on any atom is 0.410 e. The van der Waals surface area contributed by atoms with Gasteiger partial charge in [-0.1, -0.05) is 0 Å². The summed E-state index contributed by atoms with van der Waals surface area (Å²) < 4.78 is 5.30. The van der Waals surface area contributed by atoms with Crippen LogP contribution in [0.4, 0.5) is 4.79 Å². The topological polar surface area (TPSA) is 77.2 Å². The second-order valence-corrected chi connectivity index (χ2v) is 5.30. The number of likely N-dealkylation sites (tertiary alicyclic amines) is 1. The highest BCUT2D eigenvalue weighted by Crippen LogP contribution is 2.16. The Morgan fingerprint density at radius 2 is 2.12 bits per heavy atom. The van der Waals surface area contributed by atoms with Crippen LogP contribution in [0.1, 0.15) is 33.6 Å². The zero-order valence-electron chi connectivity index (χ0n) is 10.7. The van der Waals surface area contributed by atoms with Crippen molar-refractivity contribution in [2.24, 2.45) is 5.92 Å². The van der Waals surface area contributed by atoms with Crippen molar-refractivity contribution in [2.75, 3.05) is 13.1 Å². The predicted octanol–water partition coefficient (Wildman–Crippen LogP) is 2.30. The first kappa shape index (κ1) is 13.7. The molecule has 0 radical (unpaired) electrons. The van der Waals surface area contributed by atoms with Crippen LogP contribution in [0, 0.1) is 16.7 Å². The van der Waals surface area contributed by atoms with Crippen LogP contribution in [-0.2, 0) is 4.74 Å². The average molecular weight is 239 g/mol. The molecule has 1 aliphatic heterocycles. The van der Waals surface area contributed by atoms with Crippen molar-refractivity contribution < 1.29 is 9.53 Å². The number of hydrogen-bond acceptors (Lipinski definition) is 4. The number of nitrogens with zero attached hydrogens (tertiary/aromatic N) is 1. The van der Waals surface area contributed by atoms with E-state index in [2.05, 4.69) is 0 Å². The highest BCUT2D eigenvalue weighted by atomic mass is 16.6. The minimum absolute atomic E-state index is 0.123. The Labute approximate surface area is 102 Å². The van der Waals surface area contributed by atoms with E-state index in [1.807, 2.05) is 20.8 Å². The molecule has 1 aliphatic rings. The standard InChI is InChI=1S/C12H21N3O2/c1-12(2,3)17-11(16)15-6-4-9(8-13)10(14)5-7-15/h8-9,13-14H,4-7H2,1-3H3. The van der Waals surface area contributed by atoms with Crippen molar-refractivity contribution in [2.45, 2.75) is 39.2 Å². The summed E-state index contributed by atoms with van der Waals surface area (Å²) in [6.07, 6.45) is 2.14. The van der Waals surface area contributed by atoms with E-state index < -0.39 is 5.60 Å². The molecule has 0 aliphatic carbocycles. The van der Waals surface area contributed by atoms with Crippen LogP contribution in [0.5, 0.6) is 0 Å². The van der Waals surface area contributed by atoms with Crippen molar-refractivity contribution in [3.8, 4) is 0 Å². The smallest absolute Gasteiger partial charge is 0.410 e. The van der Waals surface area contributed by atoms with Crippen molar-refractivity contribution in [1.29, 1.82) is 10.8 Å². The Balaban J connectivity index is 2.59. The van der Waals surface area contributed by atoms with Crippen LogP contribution in [0.15, 0.2) is 0 Å². The molecular weight excluding hydrogens is 218 g/mol. The Morgan fingerprint density at radius 3 is 2.65 bits per heavy atom. The summed E-state index contributed by atoms with van der Waals surface area (Å²) in [4.78, 5) is 13.5. The summed E-state index contributed by atoms with van der Waals surface area (Å²) in [7, 11) is 0. The summed E-state index contributed by atoms with van der Waals surface area (Å²) in [5, 5.41) is 15.0. The fourth-order valence-electron chi connectivity index (χ4n) is 1.71. The quantitative estimate of drug-likeness (QED) is 0.689. The first-order valence-electron chi connectivity index (χ1n) is 5.89. The van der Waals surface area contributed by atoms with Gasteiger partial charge in [-0.2, -0.15) is 0 Å². The molecule has 1 saturated heterocycles. The van der Waals surface area contributed by atoms with Crippen molar-refractivity contribution >= 4 is 18.0 Å². The van der Waals surface area contributed by atoms with E-state index in [0.717, 1.165) is 0 Å². The molecule has 0 spiro atoms. The lowest BCUT2D eigenvalue weighted by Gasteiger charge is -2.26. The van der Waals surface area contributed by atoms with Gasteiger partial charge >= 0.3 is 6.09 Å². The van der Waals surface area contributed by atoms with Crippen LogP contribution >= 0.6 is 0 Å². The van der Waals surface area contributed by atoms with Gasteiger partial charge in [-0.3, -0.25) is 0 Å². The van der Waals surface area contributed by atoms with E-state index in [9.17, 15) is 4.79 Å². The van der Waals surface area contributed by atoms with E-state index in [0.29, 0.717) is 31.6 Å². The molecule has 1 rings (SSSR count). The molecule has 0 aromatic carbocycles. The Morgan fingerprint density at radius 1 is 1.47 bits per heavy atom. The minimum Gasteiger partial charge on any atom is -0.444 e. The molecule has 17 heavy (non-hydrogen) atoms. The molecule has 2 N–H and O–H groups in total. The summed E-state index contributed by atoms with van der Waals surface area (Å²) in [6.45, 7) is 6.58. The van der Waals surface area contributed by atoms with Crippen LogP contribution in [0.2, 0.25) is 0 Å². The summed E-state index contributed by atoms with van der Waals surface area (Å²) >= 11 is 0. The monoisotopic (exact) mass is 239 g/mol. The van der Waals surface area contributed by atoms with Gasteiger partial charge in [0.1, 0.15) is 5.60 Å². The summed E-state index contributed by atoms with van der Waals surface area (Å²) in [6, 6.07) is 0. The Kier molecular flexibility index (Phi) is 4.26. The van der Waals surface area contributed by atoms with E-state index in [4.69, 9.17) is 15.6 Å². The van der Waals surface area contributed by atoms with Gasteiger partial charge in [0.2, 0.25) is 0 Å². The minimum atomic E-state index is -0.488. The Hall–Kier alpha value is -1.39. The van der Waals surface area contributed by atoms with Crippen LogP contribution in [0.25, 0.3) is 0 Å². The molecule has 1 unspecified atom stereocenters. The van der Waals surface area contributed by atoms with E-state index >= 15 is 0 Å². The SMILES string of the molecule is CC(C)(C)OC(=O)N1CCC(=N)C(C=N)CC1. The molecule has 96 valence electrons. The molecule has 5 heteroatoms. The van der Waals surface area contributed by atoms with Gasteiger partial charge in [0.05, 0.1) is 0 Å². The average Bonchev–Trinajstić information content (AvgIpc) is 2.37. The van der Waals surface area contributed by atoms with Gasteiger partial charge in [0, 0.05) is 37.4 Å². The third-order valence-electron chi connectivity index (χ3n) is 2.66. The number of carbonyl (C=O) groups excluding carboxylic acids is 1. The van der Waals surface area contributed by atoms with Crippen LogP contribution in [-0.4, -0.2) is 41.6 Å². The molecule has 0 saturated carbocycles. The van der Waals surface area contributed by atoms with Crippen molar-refractivity contribution in [3.05, 3.63) is 0 Å². The highest BCUT2D eigenvalue weighted by molar-refractivity contribution is 5.96. The van der Waals surface area contributed by atoms with Gasteiger partial charge in [-0.15, -0.1) is 0 Å². The number of nitrogens with one attached hydrogen (secondary N) is 2. The van der Waals surface area contributed by atoms with Gasteiger partial charge in [0.25, 0.3) is 0 Å². The second-order valence-electron chi connectivity index (χ2n) is 5.30. The van der Waals surface area contributed by atoms with Crippen LogP contribution in [0.3, 0.4) is 0 Å².